The molecular formula is C15H16F2N2O. The second kappa shape index (κ2) is 5.73. The molecule has 3 rings (SSSR count). The molecule has 0 amide bonds. The van der Waals surface area contributed by atoms with Crippen LogP contribution in [0.4, 0.5) is 8.78 Å². The number of nitrogens with zero attached hydrogens (tertiary/aromatic N) is 1. The molecule has 0 radical (unpaired) electrons. The Balaban J connectivity index is 2.05. The van der Waals surface area contributed by atoms with E-state index < -0.39 is 17.7 Å². The van der Waals surface area contributed by atoms with Gasteiger partial charge in [0.15, 0.2) is 0 Å². The summed E-state index contributed by atoms with van der Waals surface area (Å²) in [5.41, 5.74) is 0.0596. The monoisotopic (exact) mass is 278 g/mol. The highest BCUT2D eigenvalue weighted by Gasteiger charge is 2.30. The number of benzene rings is 1. The van der Waals surface area contributed by atoms with Crippen molar-refractivity contribution < 1.29 is 13.2 Å². The molecule has 1 fully saturated rings. The number of hydrogen-bond donors (Lipinski definition) is 1. The highest BCUT2D eigenvalue weighted by atomic mass is 19.1. The van der Waals surface area contributed by atoms with Crippen LogP contribution < -0.4 is 5.32 Å². The molecule has 3 nitrogen and oxygen atoms in total. The average molecular weight is 278 g/mol. The van der Waals surface area contributed by atoms with Crippen LogP contribution in [-0.4, -0.2) is 31.1 Å². The summed E-state index contributed by atoms with van der Waals surface area (Å²) >= 11 is 0. The molecule has 0 saturated carbocycles. The standard InChI is InChI=1S/C15H16F2N2O/c16-11-3-1-4-12(17)14(11)15(13-5-2-10-20-13)19-8-6-18-7-9-19/h1-5,10,15,18H,6-9H2/t15-/m0/s1. The Kier molecular flexibility index (Phi) is 3.80. The molecule has 2 heterocycles. The molecule has 5 heteroatoms. The van der Waals surface area contributed by atoms with Gasteiger partial charge in [-0.05, 0) is 24.3 Å². The number of halogens is 2. The van der Waals surface area contributed by atoms with Gasteiger partial charge in [-0.2, -0.15) is 0 Å². The van der Waals surface area contributed by atoms with Gasteiger partial charge in [0.05, 0.1) is 12.3 Å². The van der Waals surface area contributed by atoms with Crippen molar-refractivity contribution in [2.45, 2.75) is 6.04 Å². The number of hydrogen-bond acceptors (Lipinski definition) is 3. The Morgan fingerprint density at radius 2 is 1.75 bits per heavy atom. The van der Waals surface area contributed by atoms with Gasteiger partial charge in [-0.1, -0.05) is 6.07 Å². The van der Waals surface area contributed by atoms with Crippen molar-refractivity contribution in [2.24, 2.45) is 0 Å². The lowest BCUT2D eigenvalue weighted by Crippen LogP contribution is -2.45. The zero-order valence-corrected chi connectivity index (χ0v) is 11.0. The fourth-order valence-electron chi connectivity index (χ4n) is 2.66. The van der Waals surface area contributed by atoms with E-state index >= 15 is 0 Å². The maximum atomic E-state index is 14.1. The minimum absolute atomic E-state index is 0.0596. The van der Waals surface area contributed by atoms with Gasteiger partial charge in [0.1, 0.15) is 17.4 Å². The summed E-state index contributed by atoms with van der Waals surface area (Å²) in [6.45, 7) is 3.04. The molecule has 1 aliphatic rings. The van der Waals surface area contributed by atoms with Crippen LogP contribution in [0.2, 0.25) is 0 Å². The Morgan fingerprint density at radius 3 is 2.35 bits per heavy atom. The van der Waals surface area contributed by atoms with Gasteiger partial charge in [-0.3, -0.25) is 4.90 Å². The highest BCUT2D eigenvalue weighted by molar-refractivity contribution is 5.30. The van der Waals surface area contributed by atoms with Gasteiger partial charge in [0.2, 0.25) is 0 Å². The van der Waals surface area contributed by atoms with Crippen molar-refractivity contribution in [2.75, 3.05) is 26.2 Å². The maximum Gasteiger partial charge on any atom is 0.131 e. The first-order valence-electron chi connectivity index (χ1n) is 6.69. The average Bonchev–Trinajstić information content (AvgIpc) is 2.98. The van der Waals surface area contributed by atoms with Crippen molar-refractivity contribution >= 4 is 0 Å². The van der Waals surface area contributed by atoms with E-state index in [0.717, 1.165) is 26.2 Å². The predicted molar refractivity (Wildman–Crippen MR) is 71.4 cm³/mol. The van der Waals surface area contributed by atoms with Gasteiger partial charge < -0.3 is 9.73 Å². The number of furan rings is 1. The molecule has 0 bridgehead atoms. The first-order valence-corrected chi connectivity index (χ1v) is 6.69. The molecule has 106 valence electrons. The molecule has 0 unspecified atom stereocenters. The van der Waals surface area contributed by atoms with Gasteiger partial charge in [-0.25, -0.2) is 8.78 Å². The SMILES string of the molecule is Fc1cccc(F)c1[C@H](c1ccco1)N1CCNCC1. The minimum atomic E-state index is -0.537. The second-order valence-electron chi connectivity index (χ2n) is 4.84. The molecule has 1 aromatic carbocycles. The Hall–Kier alpha value is -1.72. The van der Waals surface area contributed by atoms with Crippen LogP contribution in [0.25, 0.3) is 0 Å². The van der Waals surface area contributed by atoms with Gasteiger partial charge >= 0.3 is 0 Å². The topological polar surface area (TPSA) is 28.4 Å². The zero-order valence-electron chi connectivity index (χ0n) is 11.0. The van der Waals surface area contributed by atoms with Crippen molar-refractivity contribution in [3.05, 3.63) is 59.6 Å². The van der Waals surface area contributed by atoms with Crippen LogP contribution in [0.5, 0.6) is 0 Å². The smallest absolute Gasteiger partial charge is 0.131 e. The summed E-state index contributed by atoms with van der Waals surface area (Å²) in [5.74, 6) is -0.509. The highest BCUT2D eigenvalue weighted by Crippen LogP contribution is 2.32. The van der Waals surface area contributed by atoms with Gasteiger partial charge in [0, 0.05) is 31.7 Å². The molecule has 0 spiro atoms. The third-order valence-electron chi connectivity index (χ3n) is 3.60. The van der Waals surface area contributed by atoms with E-state index in [4.69, 9.17) is 4.42 Å². The van der Waals surface area contributed by atoms with Crippen molar-refractivity contribution in [1.29, 1.82) is 0 Å². The first kappa shape index (κ1) is 13.3. The molecule has 1 aromatic heterocycles. The maximum absolute atomic E-state index is 14.1. The zero-order chi connectivity index (χ0) is 13.9. The summed E-state index contributed by atoms with van der Waals surface area (Å²) in [4.78, 5) is 2.04. The first-order chi connectivity index (χ1) is 9.77. The Bertz CT molecular complexity index is 545. The summed E-state index contributed by atoms with van der Waals surface area (Å²) in [6, 6.07) is 6.94. The van der Waals surface area contributed by atoms with Gasteiger partial charge in [0.25, 0.3) is 0 Å². The molecule has 0 aliphatic carbocycles. The van der Waals surface area contributed by atoms with Crippen molar-refractivity contribution in [3.63, 3.8) is 0 Å². The lowest BCUT2D eigenvalue weighted by molar-refractivity contribution is 0.173. The Labute approximate surface area is 116 Å². The fourth-order valence-corrected chi connectivity index (χ4v) is 2.66. The molecule has 1 N–H and O–H groups in total. The van der Waals surface area contributed by atoms with E-state index in [1.807, 2.05) is 4.90 Å². The van der Waals surface area contributed by atoms with Crippen LogP contribution in [0.15, 0.2) is 41.0 Å². The number of piperazine rings is 1. The van der Waals surface area contributed by atoms with Crippen LogP contribution in [0.1, 0.15) is 17.4 Å². The van der Waals surface area contributed by atoms with E-state index in [1.165, 1.54) is 24.5 Å². The molecular weight excluding hydrogens is 262 g/mol. The molecule has 1 saturated heterocycles. The number of rotatable bonds is 3. The summed E-state index contributed by atoms with van der Waals surface area (Å²) in [5, 5.41) is 3.24. The van der Waals surface area contributed by atoms with E-state index in [2.05, 4.69) is 5.32 Å². The number of nitrogens with one attached hydrogen (secondary N) is 1. The molecule has 1 atom stereocenters. The van der Waals surface area contributed by atoms with E-state index in [0.29, 0.717) is 5.76 Å². The van der Waals surface area contributed by atoms with Crippen LogP contribution in [0, 0.1) is 11.6 Å². The lowest BCUT2D eigenvalue weighted by Gasteiger charge is -2.34. The van der Waals surface area contributed by atoms with Crippen molar-refractivity contribution in [3.8, 4) is 0 Å². The normalized spacial score (nSPS) is 18.1. The predicted octanol–water partition coefficient (Wildman–Crippen LogP) is 2.55. The quantitative estimate of drug-likeness (QED) is 0.935. The van der Waals surface area contributed by atoms with Crippen LogP contribution in [0.3, 0.4) is 0 Å². The summed E-state index contributed by atoms with van der Waals surface area (Å²) in [7, 11) is 0. The summed E-state index contributed by atoms with van der Waals surface area (Å²) in [6.07, 6.45) is 1.53. The second-order valence-corrected chi connectivity index (χ2v) is 4.84. The van der Waals surface area contributed by atoms with Crippen LogP contribution in [-0.2, 0) is 0 Å². The third-order valence-corrected chi connectivity index (χ3v) is 3.60. The largest absolute Gasteiger partial charge is 0.467 e. The molecule has 1 aliphatic heterocycles. The van der Waals surface area contributed by atoms with E-state index in [9.17, 15) is 8.78 Å². The van der Waals surface area contributed by atoms with E-state index in [1.54, 1.807) is 12.1 Å². The Morgan fingerprint density at radius 1 is 1.05 bits per heavy atom. The molecule has 20 heavy (non-hydrogen) atoms. The summed E-state index contributed by atoms with van der Waals surface area (Å²) < 4.78 is 33.7. The minimum Gasteiger partial charge on any atom is -0.467 e. The molecule has 2 aromatic rings. The van der Waals surface area contributed by atoms with Crippen LogP contribution >= 0.6 is 0 Å². The third kappa shape index (κ3) is 2.46. The fraction of sp³-hybridized carbons (Fsp3) is 0.333. The van der Waals surface area contributed by atoms with Crippen molar-refractivity contribution in [1.82, 2.24) is 10.2 Å². The van der Waals surface area contributed by atoms with Gasteiger partial charge in [-0.15, -0.1) is 0 Å². The van der Waals surface area contributed by atoms with E-state index in [-0.39, 0.29) is 5.56 Å². The lowest BCUT2D eigenvalue weighted by atomic mass is 10.0.